The summed E-state index contributed by atoms with van der Waals surface area (Å²) >= 11 is 1.72. The molecule has 1 aromatic carbocycles. The number of carbonyl (C=O) groups is 3. The summed E-state index contributed by atoms with van der Waals surface area (Å²) in [4.78, 5) is 50.7. The van der Waals surface area contributed by atoms with E-state index in [1.54, 1.807) is 37.6 Å². The molecule has 2 aromatic rings. The quantitative estimate of drug-likeness (QED) is 0.126. The summed E-state index contributed by atoms with van der Waals surface area (Å²) in [6, 6.07) is 9.19. The van der Waals surface area contributed by atoms with Gasteiger partial charge in [-0.1, -0.05) is 38.1 Å². The van der Waals surface area contributed by atoms with Gasteiger partial charge in [-0.15, -0.1) is 11.3 Å². The van der Waals surface area contributed by atoms with Crippen LogP contribution in [0.2, 0.25) is 0 Å². The smallest absolute Gasteiger partial charge is 0.306 e. The fourth-order valence-corrected chi connectivity index (χ4v) is 12.3. The fraction of sp³-hybridized carbons (Fsp3) is 0.720. The average molecular weight is 909 g/mol. The lowest BCUT2D eigenvalue weighted by Gasteiger charge is -2.41. The highest BCUT2D eigenvalue weighted by molar-refractivity contribution is 7.11. The Bertz CT molecular complexity index is 1930. The van der Waals surface area contributed by atoms with Crippen LogP contribution >= 0.6 is 11.3 Å². The van der Waals surface area contributed by atoms with Gasteiger partial charge in [-0.2, -0.15) is 0 Å². The largest absolute Gasteiger partial charge is 0.462 e. The standard InChI is InChI=1S/C50H72N2O11S/c1-11-33-18-15-19-41(63-44-21-20-40(30(5)59-44)52(7)49(55)32-16-13-12-14-17-32)27(2)47(54)38-24-36-35-22-34(62-50(42(58-10)26-56-8)60-29(4)28(3)57-9)23-39(35)48-46(51-31(6)64-48)45(36)37(38)25-43(53)61-33/h12-14,16-17,24,27-30,33-37,39-42,44-45,50H,11,15,18-23,25-26H2,1-10H3/t27-,28-,29?,30?,33+,34+,35+,36+,37-,39-,40+,41+,42+,44+,45?,50?/m1/s1. The number of amides is 1. The van der Waals surface area contributed by atoms with Crippen molar-refractivity contribution in [2.45, 2.75) is 173 Å². The van der Waals surface area contributed by atoms with Crippen molar-refractivity contribution < 1.29 is 52.3 Å². The number of likely N-dealkylation sites (N-methyl/N-ethyl adjacent to an activating group) is 1. The second kappa shape index (κ2) is 21.7. The van der Waals surface area contributed by atoms with Gasteiger partial charge in [0, 0.05) is 68.9 Å². The van der Waals surface area contributed by atoms with Crippen molar-refractivity contribution in [3.05, 3.63) is 63.1 Å². The normalized spacial score (nSPS) is 33.8. The molecule has 64 heavy (non-hydrogen) atoms. The summed E-state index contributed by atoms with van der Waals surface area (Å²) in [6.07, 6.45) is 4.67. The SMILES string of the molecule is CC[C@H]1CCC[C@H](O[C@H]2CC[C@H](N(C)C(=O)c3ccccc3)C(C)O2)[C@@H](C)C(=O)C2=C[C@@H]3C(c4nc(C)sc4[C@@H]4C[C@@H](OC(OC(C)[C@@H](C)OC)[C@H](COC)OC)C[C@@H]34)[C@@H]2CC(=O)O1. The lowest BCUT2D eigenvalue weighted by molar-refractivity contribution is -0.255. The number of carbonyl (C=O) groups excluding carboxylic acids is 3. The molecule has 1 amide bonds. The van der Waals surface area contributed by atoms with Crippen LogP contribution in [0, 0.1) is 30.6 Å². The molecule has 7 rings (SSSR count). The Hall–Kier alpha value is -3.08. The van der Waals surface area contributed by atoms with Gasteiger partial charge in [-0.05, 0) is 102 Å². The molecule has 16 atom stereocenters. The van der Waals surface area contributed by atoms with Crippen LogP contribution in [0.15, 0.2) is 42.0 Å². The lowest BCUT2D eigenvalue weighted by Crippen LogP contribution is -2.50. The van der Waals surface area contributed by atoms with E-state index in [9.17, 15) is 9.59 Å². The molecular weight excluding hydrogens is 837 g/mol. The Morgan fingerprint density at radius 2 is 1.75 bits per heavy atom. The number of methoxy groups -OCH3 is 3. The van der Waals surface area contributed by atoms with Gasteiger partial charge >= 0.3 is 5.97 Å². The highest BCUT2D eigenvalue weighted by Crippen LogP contribution is 2.62. The Morgan fingerprint density at radius 3 is 2.44 bits per heavy atom. The minimum atomic E-state index is -0.696. The number of ketones is 1. The summed E-state index contributed by atoms with van der Waals surface area (Å²) < 4.78 is 49.9. The maximum Gasteiger partial charge on any atom is 0.306 e. The molecule has 0 spiro atoms. The van der Waals surface area contributed by atoms with E-state index < -0.39 is 30.7 Å². The molecule has 3 heterocycles. The molecule has 3 aliphatic carbocycles. The molecule has 2 aliphatic heterocycles. The van der Waals surface area contributed by atoms with Crippen molar-refractivity contribution in [3.8, 4) is 0 Å². The van der Waals surface area contributed by atoms with Crippen LogP contribution in [0.4, 0.5) is 0 Å². The first kappa shape index (κ1) is 48.8. The maximum atomic E-state index is 15.2. The summed E-state index contributed by atoms with van der Waals surface area (Å²) in [5.41, 5.74) is 2.33. The van der Waals surface area contributed by atoms with Gasteiger partial charge in [0.25, 0.3) is 5.91 Å². The van der Waals surface area contributed by atoms with Gasteiger partial charge in [0.05, 0.1) is 60.3 Å². The predicted molar refractivity (Wildman–Crippen MR) is 242 cm³/mol. The molecule has 14 heteroatoms. The van der Waals surface area contributed by atoms with Crippen LogP contribution in [-0.2, 0) is 47.5 Å². The van der Waals surface area contributed by atoms with Gasteiger partial charge < -0.3 is 42.8 Å². The number of benzene rings is 1. The van der Waals surface area contributed by atoms with E-state index in [0.717, 1.165) is 30.0 Å². The van der Waals surface area contributed by atoms with Gasteiger partial charge in [-0.3, -0.25) is 14.4 Å². The number of ether oxygens (including phenoxy) is 8. The molecule has 1 saturated carbocycles. The molecule has 1 aromatic heterocycles. The van der Waals surface area contributed by atoms with Crippen molar-refractivity contribution in [1.29, 1.82) is 0 Å². The van der Waals surface area contributed by atoms with E-state index in [4.69, 9.17) is 42.9 Å². The zero-order chi connectivity index (χ0) is 45.8. The Balaban J connectivity index is 1.14. The van der Waals surface area contributed by atoms with Crippen molar-refractivity contribution in [2.75, 3.05) is 35.0 Å². The van der Waals surface area contributed by atoms with Crippen LogP contribution in [0.5, 0.6) is 0 Å². The van der Waals surface area contributed by atoms with Crippen LogP contribution < -0.4 is 0 Å². The number of hydrogen-bond donors (Lipinski definition) is 0. The van der Waals surface area contributed by atoms with Gasteiger partial charge in [0.15, 0.2) is 18.4 Å². The van der Waals surface area contributed by atoms with Crippen LogP contribution in [0.1, 0.15) is 130 Å². The van der Waals surface area contributed by atoms with E-state index in [1.165, 1.54) is 4.88 Å². The maximum absolute atomic E-state index is 15.2. The number of fused-ring (bicyclic) bond motifs is 8. The van der Waals surface area contributed by atoms with Gasteiger partial charge in [0.1, 0.15) is 12.2 Å². The minimum Gasteiger partial charge on any atom is -0.462 e. The number of thiazole rings is 1. The van der Waals surface area contributed by atoms with Crippen molar-refractivity contribution in [2.24, 2.45) is 23.7 Å². The van der Waals surface area contributed by atoms with E-state index in [0.29, 0.717) is 49.8 Å². The number of esters is 1. The third kappa shape index (κ3) is 10.5. The molecule has 0 bridgehead atoms. The number of rotatable bonds is 15. The predicted octanol–water partition coefficient (Wildman–Crippen LogP) is 8.18. The number of aromatic nitrogens is 1. The Labute approximate surface area is 384 Å². The molecule has 2 saturated heterocycles. The molecule has 0 N–H and O–H groups in total. The zero-order valence-corrected chi connectivity index (χ0v) is 40.4. The first-order valence-electron chi connectivity index (χ1n) is 23.7. The molecule has 3 fully saturated rings. The molecule has 13 nitrogen and oxygen atoms in total. The first-order chi connectivity index (χ1) is 30.8. The zero-order valence-electron chi connectivity index (χ0n) is 39.6. The van der Waals surface area contributed by atoms with Crippen LogP contribution in [-0.4, -0.2) is 124 Å². The van der Waals surface area contributed by atoms with E-state index in [2.05, 4.69) is 13.0 Å². The summed E-state index contributed by atoms with van der Waals surface area (Å²) in [5, 5.41) is 0.972. The van der Waals surface area contributed by atoms with E-state index in [1.807, 2.05) is 72.0 Å². The number of cyclic esters (lactones) is 1. The second-order valence-electron chi connectivity index (χ2n) is 18.9. The second-order valence-corrected chi connectivity index (χ2v) is 20.1. The van der Waals surface area contributed by atoms with Crippen LogP contribution in [0.25, 0.3) is 0 Å². The third-order valence-corrected chi connectivity index (χ3v) is 16.1. The van der Waals surface area contributed by atoms with E-state index >= 15 is 4.79 Å². The van der Waals surface area contributed by atoms with Crippen molar-refractivity contribution in [1.82, 2.24) is 9.88 Å². The highest BCUT2D eigenvalue weighted by Gasteiger charge is 2.56. The van der Waals surface area contributed by atoms with Crippen molar-refractivity contribution >= 4 is 29.0 Å². The number of Topliss-reactive ketones (excluding diaryl/α,β-unsaturated/α-hetero) is 1. The van der Waals surface area contributed by atoms with Gasteiger partial charge in [0.2, 0.25) is 0 Å². The monoisotopic (exact) mass is 908 g/mol. The lowest BCUT2D eigenvalue weighted by atomic mass is 9.67. The average Bonchev–Trinajstić information content (AvgIpc) is 4.00. The number of allylic oxidation sites excluding steroid dienone is 2. The number of hydrogen-bond acceptors (Lipinski definition) is 13. The first-order valence-corrected chi connectivity index (χ1v) is 24.5. The number of nitrogens with zero attached hydrogens (tertiary/aromatic N) is 2. The Morgan fingerprint density at radius 1 is 0.984 bits per heavy atom. The summed E-state index contributed by atoms with van der Waals surface area (Å²) in [7, 11) is 6.78. The topological polar surface area (TPSA) is 141 Å². The molecular formula is C50H72N2O11S. The minimum absolute atomic E-state index is 0.00723. The van der Waals surface area contributed by atoms with E-state index in [-0.39, 0.29) is 90.2 Å². The molecule has 0 radical (unpaired) electrons. The molecule has 4 unspecified atom stereocenters. The third-order valence-electron chi connectivity index (χ3n) is 15.0. The molecule has 5 aliphatic rings. The van der Waals surface area contributed by atoms with Crippen molar-refractivity contribution in [3.63, 3.8) is 0 Å². The van der Waals surface area contributed by atoms with Gasteiger partial charge in [-0.25, -0.2) is 4.98 Å². The molecule has 354 valence electrons. The fourth-order valence-electron chi connectivity index (χ4n) is 11.2. The Kier molecular flexibility index (Phi) is 16.6. The summed E-state index contributed by atoms with van der Waals surface area (Å²) in [5.74, 6) is -1.02. The summed E-state index contributed by atoms with van der Waals surface area (Å²) in [6.45, 7) is 12.3. The van der Waals surface area contributed by atoms with Crippen LogP contribution in [0.3, 0.4) is 0 Å². The highest BCUT2D eigenvalue weighted by atomic mass is 32.1. The number of aryl methyl sites for hydroxylation is 1.